The van der Waals surface area contributed by atoms with Crippen molar-refractivity contribution in [2.75, 3.05) is 37.5 Å². The van der Waals surface area contributed by atoms with Crippen LogP contribution in [-0.4, -0.2) is 36.8 Å². The number of hydrogen-bond acceptors (Lipinski definition) is 7. The highest BCUT2D eigenvalue weighted by Gasteiger charge is 2.01. The van der Waals surface area contributed by atoms with Gasteiger partial charge in [0.2, 0.25) is 5.95 Å². The summed E-state index contributed by atoms with van der Waals surface area (Å²) in [6.07, 6.45) is 1.70. The summed E-state index contributed by atoms with van der Waals surface area (Å²) in [4.78, 5) is 8.69. The summed E-state index contributed by atoms with van der Waals surface area (Å²) in [6, 6.07) is 17.0. The minimum absolute atomic E-state index is 0.492. The first-order valence-electron chi connectivity index (χ1n) is 9.10. The Bertz CT molecular complexity index is 854. The van der Waals surface area contributed by atoms with Gasteiger partial charge in [0.15, 0.2) is 0 Å². The third kappa shape index (κ3) is 5.77. The van der Waals surface area contributed by atoms with E-state index in [9.17, 15) is 0 Å². The molecule has 146 valence electrons. The standard InChI is InChI=1S/C21H24N4O3/c1-3-27-18-6-4-16(5-7-18)24-20-12-13-22-21(25-20)23-14-15-28-19-10-8-17(26-2)9-11-19/h4-13H,3,14-15H2,1-2H3,(H2,22,23,24,25). The number of methoxy groups -OCH3 is 1. The summed E-state index contributed by atoms with van der Waals surface area (Å²) in [5, 5.41) is 6.41. The second kappa shape index (κ2) is 10.0. The Balaban J connectivity index is 1.47. The normalized spacial score (nSPS) is 10.2. The molecular weight excluding hydrogens is 356 g/mol. The predicted octanol–water partition coefficient (Wildman–Crippen LogP) is 4.12. The predicted molar refractivity (Wildman–Crippen MR) is 110 cm³/mol. The number of rotatable bonds is 10. The lowest BCUT2D eigenvalue weighted by atomic mass is 10.3. The fourth-order valence-corrected chi connectivity index (χ4v) is 2.47. The highest BCUT2D eigenvalue weighted by Crippen LogP contribution is 2.19. The number of ether oxygens (including phenoxy) is 3. The Kier molecular flexibility index (Phi) is 6.89. The molecule has 28 heavy (non-hydrogen) atoms. The van der Waals surface area contributed by atoms with Crippen molar-refractivity contribution in [1.29, 1.82) is 0 Å². The van der Waals surface area contributed by atoms with E-state index < -0.39 is 0 Å². The lowest BCUT2D eigenvalue weighted by molar-refractivity contribution is 0.331. The SMILES string of the molecule is CCOc1ccc(Nc2ccnc(NCCOc3ccc(OC)cc3)n2)cc1. The average molecular weight is 380 g/mol. The van der Waals surface area contributed by atoms with Crippen molar-refractivity contribution in [1.82, 2.24) is 9.97 Å². The van der Waals surface area contributed by atoms with E-state index >= 15 is 0 Å². The number of hydrogen-bond donors (Lipinski definition) is 2. The van der Waals surface area contributed by atoms with Gasteiger partial charge in [0.1, 0.15) is 29.7 Å². The van der Waals surface area contributed by atoms with Crippen LogP contribution in [0.25, 0.3) is 0 Å². The minimum atomic E-state index is 0.492. The molecule has 1 heterocycles. The summed E-state index contributed by atoms with van der Waals surface area (Å²) in [7, 11) is 1.64. The smallest absolute Gasteiger partial charge is 0.224 e. The van der Waals surface area contributed by atoms with E-state index in [1.165, 1.54) is 0 Å². The maximum Gasteiger partial charge on any atom is 0.224 e. The molecule has 2 N–H and O–H groups in total. The van der Waals surface area contributed by atoms with E-state index in [1.807, 2.05) is 61.5 Å². The van der Waals surface area contributed by atoms with Crippen LogP contribution in [0.15, 0.2) is 60.8 Å². The van der Waals surface area contributed by atoms with Crippen LogP contribution in [0.3, 0.4) is 0 Å². The van der Waals surface area contributed by atoms with Crippen molar-refractivity contribution in [3.63, 3.8) is 0 Å². The van der Waals surface area contributed by atoms with Gasteiger partial charge in [-0.2, -0.15) is 4.98 Å². The van der Waals surface area contributed by atoms with Gasteiger partial charge in [-0.15, -0.1) is 0 Å². The number of nitrogens with zero attached hydrogens (tertiary/aromatic N) is 2. The van der Waals surface area contributed by atoms with E-state index in [2.05, 4.69) is 20.6 Å². The molecule has 0 unspecified atom stereocenters. The summed E-state index contributed by atoms with van der Waals surface area (Å²) in [5.74, 6) is 3.67. The molecule has 7 heteroatoms. The van der Waals surface area contributed by atoms with Crippen LogP contribution < -0.4 is 24.8 Å². The minimum Gasteiger partial charge on any atom is -0.497 e. The van der Waals surface area contributed by atoms with Crippen molar-refractivity contribution in [2.45, 2.75) is 6.92 Å². The Labute approximate surface area is 164 Å². The fourth-order valence-electron chi connectivity index (χ4n) is 2.47. The van der Waals surface area contributed by atoms with Crippen LogP contribution in [0.2, 0.25) is 0 Å². The first-order valence-corrected chi connectivity index (χ1v) is 9.10. The van der Waals surface area contributed by atoms with Gasteiger partial charge in [0, 0.05) is 11.9 Å². The van der Waals surface area contributed by atoms with Gasteiger partial charge in [-0.3, -0.25) is 0 Å². The van der Waals surface area contributed by atoms with Gasteiger partial charge >= 0.3 is 0 Å². The first-order chi connectivity index (χ1) is 13.8. The molecule has 0 saturated heterocycles. The van der Waals surface area contributed by atoms with E-state index in [0.29, 0.717) is 31.5 Å². The summed E-state index contributed by atoms with van der Waals surface area (Å²) in [6.45, 7) is 3.68. The second-order valence-electron chi connectivity index (χ2n) is 5.80. The molecule has 0 radical (unpaired) electrons. The number of benzene rings is 2. The van der Waals surface area contributed by atoms with Crippen molar-refractivity contribution >= 4 is 17.5 Å². The highest BCUT2D eigenvalue weighted by molar-refractivity contribution is 5.57. The number of aromatic nitrogens is 2. The highest BCUT2D eigenvalue weighted by atomic mass is 16.5. The van der Waals surface area contributed by atoms with Gasteiger partial charge in [-0.25, -0.2) is 4.98 Å². The summed E-state index contributed by atoms with van der Waals surface area (Å²) < 4.78 is 16.3. The molecule has 0 aliphatic heterocycles. The zero-order chi connectivity index (χ0) is 19.6. The Morgan fingerprint density at radius 3 is 2.25 bits per heavy atom. The molecule has 0 fully saturated rings. The Hall–Kier alpha value is -3.48. The van der Waals surface area contributed by atoms with E-state index in [1.54, 1.807) is 13.3 Å². The van der Waals surface area contributed by atoms with Crippen LogP contribution in [-0.2, 0) is 0 Å². The third-order valence-electron chi connectivity index (χ3n) is 3.81. The molecule has 7 nitrogen and oxygen atoms in total. The van der Waals surface area contributed by atoms with Crippen molar-refractivity contribution < 1.29 is 14.2 Å². The van der Waals surface area contributed by atoms with Crippen LogP contribution in [0.5, 0.6) is 17.2 Å². The molecule has 0 bridgehead atoms. The monoisotopic (exact) mass is 380 g/mol. The van der Waals surface area contributed by atoms with Gasteiger partial charge in [0.25, 0.3) is 0 Å². The molecule has 3 rings (SSSR count). The Morgan fingerprint density at radius 2 is 1.54 bits per heavy atom. The largest absolute Gasteiger partial charge is 0.497 e. The second-order valence-corrected chi connectivity index (χ2v) is 5.80. The molecular formula is C21H24N4O3. The van der Waals surface area contributed by atoms with Gasteiger partial charge < -0.3 is 24.8 Å². The van der Waals surface area contributed by atoms with Crippen molar-refractivity contribution in [3.8, 4) is 17.2 Å². The van der Waals surface area contributed by atoms with Crippen LogP contribution in [0, 0.1) is 0 Å². The zero-order valence-electron chi connectivity index (χ0n) is 16.0. The molecule has 0 amide bonds. The molecule has 0 spiro atoms. The topological polar surface area (TPSA) is 77.5 Å². The van der Waals surface area contributed by atoms with Gasteiger partial charge in [0.05, 0.1) is 20.3 Å². The van der Waals surface area contributed by atoms with Crippen molar-refractivity contribution in [2.24, 2.45) is 0 Å². The quantitative estimate of drug-likeness (QED) is 0.512. The van der Waals surface area contributed by atoms with Crippen LogP contribution in [0.1, 0.15) is 6.92 Å². The summed E-state index contributed by atoms with van der Waals surface area (Å²) in [5.41, 5.74) is 0.927. The molecule has 0 aliphatic rings. The molecule has 1 aromatic heterocycles. The third-order valence-corrected chi connectivity index (χ3v) is 3.81. The van der Waals surface area contributed by atoms with E-state index in [-0.39, 0.29) is 0 Å². The van der Waals surface area contributed by atoms with Crippen LogP contribution >= 0.6 is 0 Å². The van der Waals surface area contributed by atoms with Gasteiger partial charge in [-0.05, 0) is 61.5 Å². The van der Waals surface area contributed by atoms with E-state index in [0.717, 1.165) is 22.9 Å². The Morgan fingerprint density at radius 1 is 0.857 bits per heavy atom. The maximum absolute atomic E-state index is 5.68. The summed E-state index contributed by atoms with van der Waals surface area (Å²) >= 11 is 0. The van der Waals surface area contributed by atoms with Gasteiger partial charge in [-0.1, -0.05) is 0 Å². The molecule has 0 aliphatic carbocycles. The average Bonchev–Trinajstić information content (AvgIpc) is 2.74. The molecule has 0 saturated carbocycles. The molecule has 3 aromatic rings. The van der Waals surface area contributed by atoms with E-state index in [4.69, 9.17) is 14.2 Å². The number of anilines is 3. The molecule has 2 aromatic carbocycles. The lowest BCUT2D eigenvalue weighted by Gasteiger charge is -2.10. The lowest BCUT2D eigenvalue weighted by Crippen LogP contribution is -2.13. The fraction of sp³-hybridized carbons (Fsp3) is 0.238. The van der Waals surface area contributed by atoms with Crippen LogP contribution in [0.4, 0.5) is 17.5 Å². The molecule has 0 atom stereocenters. The maximum atomic E-state index is 5.68. The zero-order valence-corrected chi connectivity index (χ0v) is 16.0. The first kappa shape index (κ1) is 19.3. The number of nitrogens with one attached hydrogen (secondary N) is 2. The van der Waals surface area contributed by atoms with Crippen molar-refractivity contribution in [3.05, 3.63) is 60.8 Å².